The molecule has 0 unspecified atom stereocenters. The highest BCUT2D eigenvalue weighted by Crippen LogP contribution is 2.10. The molecule has 0 aliphatic heterocycles. The first-order valence-corrected chi connectivity index (χ1v) is 6.92. The molecule has 0 aliphatic rings. The van der Waals surface area contributed by atoms with Gasteiger partial charge in [0.2, 0.25) is 0 Å². The van der Waals surface area contributed by atoms with Gasteiger partial charge in [-0.3, -0.25) is 9.78 Å². The van der Waals surface area contributed by atoms with Gasteiger partial charge in [-0.1, -0.05) is 32.0 Å². The molecule has 0 spiro atoms. The van der Waals surface area contributed by atoms with Crippen molar-refractivity contribution in [2.75, 3.05) is 0 Å². The fourth-order valence-electron chi connectivity index (χ4n) is 2.04. The second-order valence-electron chi connectivity index (χ2n) is 5.30. The molecule has 0 saturated carbocycles. The van der Waals surface area contributed by atoms with Crippen LogP contribution in [-0.4, -0.2) is 10.9 Å². The van der Waals surface area contributed by atoms with Crippen LogP contribution in [0.4, 0.5) is 0 Å². The Bertz CT molecular complexity index is 553. The minimum atomic E-state index is -0.0632. The molecule has 1 aromatic carbocycles. The van der Waals surface area contributed by atoms with Crippen LogP contribution in [-0.2, 0) is 13.0 Å². The van der Waals surface area contributed by atoms with Crippen molar-refractivity contribution in [3.8, 4) is 0 Å². The van der Waals surface area contributed by atoms with Crippen LogP contribution in [0.5, 0.6) is 0 Å². The van der Waals surface area contributed by atoms with Gasteiger partial charge in [0.15, 0.2) is 0 Å². The number of carbonyl (C=O) groups is 1. The van der Waals surface area contributed by atoms with Gasteiger partial charge in [-0.2, -0.15) is 0 Å². The molecule has 3 nitrogen and oxygen atoms in total. The lowest BCUT2D eigenvalue weighted by atomic mass is 10.0. The van der Waals surface area contributed by atoms with Gasteiger partial charge in [-0.15, -0.1) is 0 Å². The van der Waals surface area contributed by atoms with Gasteiger partial charge in [0.25, 0.3) is 5.91 Å². The quantitative estimate of drug-likeness (QED) is 0.904. The number of carbonyl (C=O) groups excluding carboxylic acids is 1. The highest BCUT2D eigenvalue weighted by atomic mass is 16.1. The zero-order valence-corrected chi connectivity index (χ0v) is 12.0. The monoisotopic (exact) mass is 270 g/mol. The normalized spacial score (nSPS) is 10.6. The summed E-state index contributed by atoms with van der Waals surface area (Å²) < 4.78 is 0. The maximum absolute atomic E-state index is 12.0. The molecule has 0 aliphatic carbocycles. The predicted octanol–water partition coefficient (Wildman–Crippen LogP) is 3.46. The smallest absolute Gasteiger partial charge is 0.251 e. The SMILES string of the molecule is CC(C)Cc1ccc(C(=O)NCc2ccccn2)cc1.[HH]. The third kappa shape index (κ3) is 4.19. The molecule has 3 heteroatoms. The number of aromatic nitrogens is 1. The molecular weight excluding hydrogens is 248 g/mol. The van der Waals surface area contributed by atoms with Crippen LogP contribution >= 0.6 is 0 Å². The Kier molecular flexibility index (Phi) is 4.88. The van der Waals surface area contributed by atoms with Gasteiger partial charge < -0.3 is 5.32 Å². The number of pyridine rings is 1. The van der Waals surface area contributed by atoms with Crippen LogP contribution in [0.15, 0.2) is 48.7 Å². The lowest BCUT2D eigenvalue weighted by Gasteiger charge is -2.07. The van der Waals surface area contributed by atoms with E-state index in [4.69, 9.17) is 0 Å². The van der Waals surface area contributed by atoms with Crippen molar-refractivity contribution in [3.05, 3.63) is 65.5 Å². The molecule has 106 valence electrons. The van der Waals surface area contributed by atoms with E-state index in [0.29, 0.717) is 18.0 Å². The molecule has 0 radical (unpaired) electrons. The van der Waals surface area contributed by atoms with Crippen molar-refractivity contribution in [1.82, 2.24) is 10.3 Å². The van der Waals surface area contributed by atoms with Crippen molar-refractivity contribution in [2.45, 2.75) is 26.8 Å². The van der Waals surface area contributed by atoms with Gasteiger partial charge in [-0.05, 0) is 42.2 Å². The molecule has 20 heavy (non-hydrogen) atoms. The van der Waals surface area contributed by atoms with Crippen LogP contribution in [0.2, 0.25) is 0 Å². The molecule has 2 rings (SSSR count). The van der Waals surface area contributed by atoms with Crippen molar-refractivity contribution >= 4 is 5.91 Å². The largest absolute Gasteiger partial charge is 0.346 e. The fraction of sp³-hybridized carbons (Fsp3) is 0.294. The molecule has 0 atom stereocenters. The average Bonchev–Trinajstić information content (AvgIpc) is 2.46. The van der Waals surface area contributed by atoms with Crippen LogP contribution in [0.1, 0.15) is 36.9 Å². The summed E-state index contributed by atoms with van der Waals surface area (Å²) in [4.78, 5) is 16.2. The lowest BCUT2D eigenvalue weighted by Crippen LogP contribution is -2.23. The highest BCUT2D eigenvalue weighted by molar-refractivity contribution is 5.94. The van der Waals surface area contributed by atoms with Crippen molar-refractivity contribution < 1.29 is 6.22 Å². The van der Waals surface area contributed by atoms with Crippen molar-refractivity contribution in [1.29, 1.82) is 0 Å². The van der Waals surface area contributed by atoms with E-state index < -0.39 is 0 Å². The van der Waals surface area contributed by atoms with Crippen LogP contribution in [0.25, 0.3) is 0 Å². The summed E-state index contributed by atoms with van der Waals surface area (Å²) >= 11 is 0. The number of hydrogen-bond donors (Lipinski definition) is 1. The van der Waals surface area contributed by atoms with Gasteiger partial charge in [0.1, 0.15) is 0 Å². The maximum Gasteiger partial charge on any atom is 0.251 e. The van der Waals surface area contributed by atoms with Gasteiger partial charge >= 0.3 is 0 Å². The topological polar surface area (TPSA) is 42.0 Å². The Hall–Kier alpha value is -2.16. The number of nitrogens with one attached hydrogen (secondary N) is 1. The van der Waals surface area contributed by atoms with E-state index in [0.717, 1.165) is 12.1 Å². The maximum atomic E-state index is 12.0. The third-order valence-corrected chi connectivity index (χ3v) is 3.02. The summed E-state index contributed by atoms with van der Waals surface area (Å²) in [6.45, 7) is 4.83. The van der Waals surface area contributed by atoms with E-state index in [2.05, 4.69) is 24.1 Å². The zero-order chi connectivity index (χ0) is 14.4. The summed E-state index contributed by atoms with van der Waals surface area (Å²) in [6, 6.07) is 13.5. The molecule has 1 heterocycles. The molecule has 1 aromatic heterocycles. The third-order valence-electron chi connectivity index (χ3n) is 3.02. The fourth-order valence-corrected chi connectivity index (χ4v) is 2.04. The van der Waals surface area contributed by atoms with Crippen molar-refractivity contribution in [2.24, 2.45) is 5.92 Å². The van der Waals surface area contributed by atoms with Crippen LogP contribution < -0.4 is 5.32 Å². The van der Waals surface area contributed by atoms with E-state index in [-0.39, 0.29) is 7.33 Å². The minimum absolute atomic E-state index is 0. The molecule has 0 bridgehead atoms. The lowest BCUT2D eigenvalue weighted by molar-refractivity contribution is 0.0950. The average molecular weight is 270 g/mol. The van der Waals surface area contributed by atoms with Gasteiger partial charge in [-0.25, -0.2) is 0 Å². The summed E-state index contributed by atoms with van der Waals surface area (Å²) in [6.07, 6.45) is 2.76. The highest BCUT2D eigenvalue weighted by Gasteiger charge is 2.06. The summed E-state index contributed by atoms with van der Waals surface area (Å²) in [7, 11) is 0. The first kappa shape index (κ1) is 14.3. The minimum Gasteiger partial charge on any atom is -0.346 e. The number of rotatable bonds is 5. The predicted molar refractivity (Wildman–Crippen MR) is 82.5 cm³/mol. The number of benzene rings is 1. The molecule has 1 amide bonds. The van der Waals surface area contributed by atoms with Gasteiger partial charge in [0.05, 0.1) is 12.2 Å². The second-order valence-corrected chi connectivity index (χ2v) is 5.30. The van der Waals surface area contributed by atoms with E-state index >= 15 is 0 Å². The van der Waals surface area contributed by atoms with Crippen LogP contribution in [0, 0.1) is 5.92 Å². The zero-order valence-electron chi connectivity index (χ0n) is 12.0. The molecule has 0 saturated heterocycles. The first-order chi connectivity index (χ1) is 9.65. The van der Waals surface area contributed by atoms with E-state index in [9.17, 15) is 4.79 Å². The standard InChI is InChI=1S/C17H20N2O.H2/c1-13(2)11-14-6-8-15(9-7-14)17(20)19-12-16-5-3-4-10-18-16;/h3-10,13H,11-12H2,1-2H3,(H,19,20);1H. The second kappa shape index (κ2) is 6.85. The molecule has 0 fully saturated rings. The van der Waals surface area contributed by atoms with E-state index in [1.54, 1.807) is 6.20 Å². The Morgan fingerprint density at radius 3 is 2.55 bits per heavy atom. The molecule has 2 aromatic rings. The Morgan fingerprint density at radius 1 is 1.20 bits per heavy atom. The van der Waals surface area contributed by atoms with Crippen molar-refractivity contribution in [3.63, 3.8) is 0 Å². The number of nitrogens with zero attached hydrogens (tertiary/aromatic N) is 1. The number of hydrogen-bond acceptors (Lipinski definition) is 2. The summed E-state index contributed by atoms with van der Waals surface area (Å²) in [5.74, 6) is 0.561. The summed E-state index contributed by atoms with van der Waals surface area (Å²) in [5, 5.41) is 2.87. The van der Waals surface area contributed by atoms with E-state index in [1.165, 1.54) is 5.56 Å². The number of amides is 1. The molecular formula is C17H22N2O. The Morgan fingerprint density at radius 2 is 1.95 bits per heavy atom. The Labute approximate surface area is 121 Å². The van der Waals surface area contributed by atoms with E-state index in [1.807, 2.05) is 42.5 Å². The summed E-state index contributed by atoms with van der Waals surface area (Å²) in [5.41, 5.74) is 2.81. The first-order valence-electron chi connectivity index (χ1n) is 6.92. The van der Waals surface area contributed by atoms with Crippen LogP contribution in [0.3, 0.4) is 0 Å². The van der Waals surface area contributed by atoms with Gasteiger partial charge in [0, 0.05) is 13.2 Å². The molecule has 1 N–H and O–H groups in total. The Balaban J connectivity index is 0.00000220.